The molecule has 0 radical (unpaired) electrons. The van der Waals surface area contributed by atoms with E-state index in [4.69, 9.17) is 0 Å². The van der Waals surface area contributed by atoms with Gasteiger partial charge in [-0.25, -0.2) is 4.52 Å². The van der Waals surface area contributed by atoms with Crippen LogP contribution in [-0.4, -0.2) is 9.03 Å². The summed E-state index contributed by atoms with van der Waals surface area (Å²) < 4.78 is 3.47. The molecule has 18 aliphatic carbocycles. The molecular formula is C84H88N2O2. The first-order chi connectivity index (χ1) is 42.5. The number of nitrogens with zero attached hydrogens (tertiary/aromatic N) is 2. The van der Waals surface area contributed by atoms with Crippen LogP contribution in [0.5, 0.6) is 0 Å². The van der Waals surface area contributed by atoms with E-state index in [2.05, 4.69) is 125 Å². The first-order valence-corrected chi connectivity index (χ1v) is 36.2. The van der Waals surface area contributed by atoms with Crippen molar-refractivity contribution in [3.63, 3.8) is 0 Å². The van der Waals surface area contributed by atoms with Crippen LogP contribution in [0.25, 0.3) is 66.3 Å². The largest absolute Gasteiger partial charge is 0.282 e. The van der Waals surface area contributed by atoms with Crippen LogP contribution in [0.4, 0.5) is 0 Å². The maximum Gasteiger partial charge on any atom is 0.282 e. The van der Waals surface area contributed by atoms with Crippen molar-refractivity contribution in [3.05, 3.63) is 162 Å². The molecular weight excluding hydrogens is 1070 g/mol. The smallest absolute Gasteiger partial charge is 0.267 e. The quantitative estimate of drug-likeness (QED) is 0.167. The minimum Gasteiger partial charge on any atom is -0.267 e. The maximum absolute atomic E-state index is 15.4. The Labute approximate surface area is 520 Å². The zero-order valence-corrected chi connectivity index (χ0v) is 52.8. The molecule has 16 fully saturated rings. The van der Waals surface area contributed by atoms with Gasteiger partial charge in [-0.1, -0.05) is 88.4 Å². The molecule has 0 N–H and O–H groups in total. The molecule has 88 heavy (non-hydrogen) atoms. The average Bonchev–Trinajstić information content (AvgIpc) is 1.38. The molecule has 446 valence electrons. The predicted octanol–water partition coefficient (Wildman–Crippen LogP) is 19.3. The fourth-order valence-electron chi connectivity index (χ4n) is 28.2. The molecule has 0 amide bonds. The van der Waals surface area contributed by atoms with Crippen molar-refractivity contribution in [2.75, 3.05) is 0 Å². The molecule has 4 heteroatoms. The SMILES string of the molecule is CC1(C)c2cc(C34CC5CC(CC(C5)C3)C4)ccc2-c2c(-c3ccc4c(c3)c(=O)n3c(=O)c5cc(-c6cc(C78CC9CC(CC(C9)C7)C8)cc7c6-c6ccc(C89CC%10CC(CC(C%10)C8)C9)cc6C7(C)C)ccc5n43)cc(C34CC5CC(CC(C5)C3)C4)cc21. The van der Waals surface area contributed by atoms with Gasteiger partial charge in [0.1, 0.15) is 0 Å². The van der Waals surface area contributed by atoms with Crippen LogP contribution >= 0.6 is 0 Å². The Morgan fingerprint density at radius 1 is 0.295 bits per heavy atom. The summed E-state index contributed by atoms with van der Waals surface area (Å²) in [6.45, 7) is 10.1. The minimum absolute atomic E-state index is 0.154. The topological polar surface area (TPSA) is 43.0 Å². The molecule has 8 aromatic rings. The zero-order valence-electron chi connectivity index (χ0n) is 52.8. The zero-order chi connectivity index (χ0) is 58.1. The van der Waals surface area contributed by atoms with Crippen LogP contribution in [0.3, 0.4) is 0 Å². The Balaban J connectivity index is 0.693. The molecule has 16 bridgehead atoms. The third kappa shape index (κ3) is 6.51. The lowest BCUT2D eigenvalue weighted by molar-refractivity contribution is -0.00538. The highest BCUT2D eigenvalue weighted by Crippen LogP contribution is 2.68. The van der Waals surface area contributed by atoms with E-state index in [-0.39, 0.29) is 32.8 Å². The van der Waals surface area contributed by atoms with Gasteiger partial charge >= 0.3 is 0 Å². The number of aromatic nitrogens is 2. The number of hydrogen-bond donors (Lipinski definition) is 0. The van der Waals surface area contributed by atoms with Crippen molar-refractivity contribution < 1.29 is 0 Å². The molecule has 18 aliphatic rings. The third-order valence-electron chi connectivity index (χ3n) is 30.3. The summed E-state index contributed by atoms with van der Waals surface area (Å²) in [4.78, 5) is 30.9. The van der Waals surface area contributed by atoms with Gasteiger partial charge in [0, 0.05) is 10.8 Å². The second kappa shape index (κ2) is 16.5. The third-order valence-corrected chi connectivity index (χ3v) is 30.3. The van der Waals surface area contributed by atoms with E-state index in [9.17, 15) is 0 Å². The maximum atomic E-state index is 15.4. The van der Waals surface area contributed by atoms with Gasteiger partial charge in [0.15, 0.2) is 0 Å². The van der Waals surface area contributed by atoms with Gasteiger partial charge in [-0.05, 0) is 372 Å². The average molecular weight is 1160 g/mol. The van der Waals surface area contributed by atoms with E-state index in [0.29, 0.717) is 21.6 Å². The first kappa shape index (κ1) is 50.9. The lowest BCUT2D eigenvalue weighted by Gasteiger charge is -2.57. The monoisotopic (exact) mass is 1160 g/mol. The van der Waals surface area contributed by atoms with Crippen LogP contribution in [-0.2, 0) is 32.5 Å². The molecule has 2 heterocycles. The van der Waals surface area contributed by atoms with Gasteiger partial charge in [0.25, 0.3) is 11.1 Å². The molecule has 16 saturated carbocycles. The van der Waals surface area contributed by atoms with Gasteiger partial charge in [-0.3, -0.25) is 9.59 Å². The summed E-state index contributed by atoms with van der Waals surface area (Å²) in [5.74, 6) is 10.5. The van der Waals surface area contributed by atoms with Gasteiger partial charge in [-0.2, -0.15) is 4.52 Å². The number of rotatable bonds is 6. The fourth-order valence-corrected chi connectivity index (χ4v) is 28.2. The minimum atomic E-state index is -0.204. The van der Waals surface area contributed by atoms with E-state index in [1.54, 1.807) is 22.3 Å². The van der Waals surface area contributed by atoms with Crippen molar-refractivity contribution in [2.24, 2.45) is 71.0 Å². The lowest BCUT2D eigenvalue weighted by Crippen LogP contribution is -2.48. The van der Waals surface area contributed by atoms with E-state index < -0.39 is 0 Å². The summed E-state index contributed by atoms with van der Waals surface area (Å²) in [5.41, 5.74) is 24.7. The molecule has 0 spiro atoms. The normalized spacial score (nSPS) is 38.7. The Hall–Kier alpha value is -5.74. The first-order valence-electron chi connectivity index (χ1n) is 36.2. The number of hydrogen-bond acceptors (Lipinski definition) is 2. The second-order valence-corrected chi connectivity index (χ2v) is 36.2. The standard InChI is InChI=1S/C84H88N2O2/c1-79(2)69-29-59(81-33-45-13-46(34-81)15-47(14-45)35-81)7-9-63(69)75-65(27-61(31-71(75)79)83-39-51-19-52(40-83)21-53(20-51)41-83)57-5-11-73-67(25-57)77(87)86-78(88)68-26-58(6-12-74(68)85(73)86)66-28-62(84-42-54-22-55(43-84)24-56(23-54)44-84)32-72-76(66)64-10-8-60(30-70(64)80(72,3)4)82-36-48-16-49(37-82)18-50(17-48)38-82/h5-12,25-32,45-56H,13-24,33-44H2,1-4H3. The van der Waals surface area contributed by atoms with E-state index in [1.165, 1.54) is 214 Å². The van der Waals surface area contributed by atoms with Crippen LogP contribution in [0.1, 0.15) is 226 Å². The van der Waals surface area contributed by atoms with Crippen LogP contribution in [0.15, 0.2) is 107 Å². The summed E-state index contributed by atoms with van der Waals surface area (Å²) in [7, 11) is 0. The van der Waals surface area contributed by atoms with E-state index in [0.717, 1.165) is 93.2 Å². The highest BCUT2D eigenvalue weighted by molar-refractivity contribution is 5.99. The summed E-state index contributed by atoms with van der Waals surface area (Å²) in [5, 5.41) is 1.27. The second-order valence-electron chi connectivity index (χ2n) is 36.2. The molecule has 0 unspecified atom stereocenters. The molecule has 0 saturated heterocycles. The van der Waals surface area contributed by atoms with Crippen molar-refractivity contribution >= 4 is 21.8 Å². The van der Waals surface area contributed by atoms with Gasteiger partial charge in [-0.15, -0.1) is 0 Å². The number of fused-ring (bicyclic) bond motifs is 11. The Bertz CT molecular complexity index is 4180. The molecule has 0 atom stereocenters. The van der Waals surface area contributed by atoms with Crippen molar-refractivity contribution in [1.82, 2.24) is 9.03 Å². The van der Waals surface area contributed by atoms with Crippen molar-refractivity contribution in [3.8, 4) is 44.5 Å². The van der Waals surface area contributed by atoms with Crippen molar-refractivity contribution in [1.29, 1.82) is 0 Å². The van der Waals surface area contributed by atoms with Gasteiger partial charge in [0.2, 0.25) is 0 Å². The Morgan fingerprint density at radius 2 is 0.580 bits per heavy atom. The summed E-state index contributed by atoms with van der Waals surface area (Å²) in [6.07, 6.45) is 33.5. The summed E-state index contributed by atoms with van der Waals surface area (Å²) in [6, 6.07) is 39.7. The molecule has 4 nitrogen and oxygen atoms in total. The van der Waals surface area contributed by atoms with Crippen LogP contribution in [0, 0.1) is 71.0 Å². The van der Waals surface area contributed by atoms with Gasteiger partial charge in [0.05, 0.1) is 21.8 Å². The fraction of sp³-hybridized carbons (Fsp3) is 0.548. The van der Waals surface area contributed by atoms with Crippen LogP contribution < -0.4 is 11.1 Å². The molecule has 6 aromatic carbocycles. The molecule has 26 rings (SSSR count). The highest BCUT2D eigenvalue weighted by Gasteiger charge is 2.57. The van der Waals surface area contributed by atoms with Crippen LogP contribution in [0.2, 0.25) is 0 Å². The van der Waals surface area contributed by atoms with E-state index in [1.807, 2.05) is 4.52 Å². The Morgan fingerprint density at radius 3 is 0.886 bits per heavy atom. The molecule has 2 aromatic heterocycles. The summed E-state index contributed by atoms with van der Waals surface area (Å²) >= 11 is 0. The van der Waals surface area contributed by atoms with Crippen molar-refractivity contribution in [2.45, 2.75) is 214 Å². The van der Waals surface area contributed by atoms with E-state index >= 15 is 9.59 Å². The van der Waals surface area contributed by atoms with Gasteiger partial charge < -0.3 is 0 Å². The number of benzene rings is 6. The predicted molar refractivity (Wildman–Crippen MR) is 355 cm³/mol. The Kier molecular flexibility index (Phi) is 9.54. The molecule has 0 aliphatic heterocycles. The lowest BCUT2D eigenvalue weighted by atomic mass is 9.48. The highest BCUT2D eigenvalue weighted by atomic mass is 16.2.